The largest absolute Gasteiger partial charge is 0.355 e. The minimum atomic E-state index is -3.72. The Morgan fingerprint density at radius 3 is 2.36 bits per heavy atom. The third-order valence-corrected chi connectivity index (χ3v) is 6.04. The van der Waals surface area contributed by atoms with Crippen molar-refractivity contribution in [2.75, 3.05) is 22.7 Å². The van der Waals surface area contributed by atoms with Crippen molar-refractivity contribution in [3.63, 3.8) is 0 Å². The van der Waals surface area contributed by atoms with Gasteiger partial charge in [-0.2, -0.15) is 0 Å². The minimum absolute atomic E-state index is 0.146. The second-order valence-corrected chi connectivity index (χ2v) is 8.28. The Kier molecular flexibility index (Phi) is 5.44. The molecule has 2 aromatic rings. The van der Waals surface area contributed by atoms with Crippen LogP contribution >= 0.6 is 11.6 Å². The van der Waals surface area contributed by atoms with E-state index in [0.29, 0.717) is 10.6 Å². The summed E-state index contributed by atoms with van der Waals surface area (Å²) in [6.07, 6.45) is 4.77. The predicted octanol–water partition coefficient (Wildman–Crippen LogP) is 3.62. The molecule has 6 nitrogen and oxygen atoms in total. The average Bonchev–Trinajstić information content (AvgIpc) is 2.87. The number of hydrogen-bond donors (Lipinski definition) is 1. The maximum absolute atomic E-state index is 12.5. The topological polar surface area (TPSA) is 75.2 Å². The highest BCUT2D eigenvalue weighted by molar-refractivity contribution is 7.92. The molecule has 25 heavy (non-hydrogen) atoms. The zero-order chi connectivity index (χ0) is 17.9. The van der Waals surface area contributed by atoms with Gasteiger partial charge >= 0.3 is 0 Å². The lowest BCUT2D eigenvalue weighted by molar-refractivity contribution is 0.601. The van der Waals surface area contributed by atoms with Gasteiger partial charge in [-0.05, 0) is 55.7 Å². The van der Waals surface area contributed by atoms with Crippen LogP contribution in [-0.2, 0) is 10.0 Å². The van der Waals surface area contributed by atoms with Gasteiger partial charge in [0.25, 0.3) is 10.0 Å². The van der Waals surface area contributed by atoms with Crippen LogP contribution in [0.3, 0.4) is 0 Å². The number of aryl methyl sites for hydroxylation is 1. The van der Waals surface area contributed by atoms with Crippen molar-refractivity contribution in [3.8, 4) is 0 Å². The normalized spacial score (nSPS) is 15.7. The van der Waals surface area contributed by atoms with Crippen molar-refractivity contribution in [1.82, 2.24) is 10.2 Å². The maximum Gasteiger partial charge on any atom is 0.263 e. The van der Waals surface area contributed by atoms with Crippen LogP contribution in [-0.4, -0.2) is 31.7 Å². The Morgan fingerprint density at radius 1 is 1.04 bits per heavy atom. The molecule has 8 heteroatoms. The number of sulfonamides is 1. The molecule has 0 unspecified atom stereocenters. The monoisotopic (exact) mass is 380 g/mol. The fourth-order valence-electron chi connectivity index (χ4n) is 2.83. The lowest BCUT2D eigenvalue weighted by atomic mass is 10.2. The molecule has 1 aliphatic rings. The van der Waals surface area contributed by atoms with E-state index in [-0.39, 0.29) is 10.7 Å². The van der Waals surface area contributed by atoms with E-state index in [2.05, 4.69) is 19.8 Å². The first-order valence-electron chi connectivity index (χ1n) is 8.33. The minimum Gasteiger partial charge on any atom is -0.355 e. The standard InChI is InChI=1S/C17H21ClN4O2S/c1-13-12-14(6-7-15(13)18)25(23,24)21-16-8-9-17(20-19-16)22-10-4-2-3-5-11-22/h6-9,12H,2-5,10-11H2,1H3,(H,19,21). The first-order chi connectivity index (χ1) is 12.0. The first kappa shape index (κ1) is 17.9. The smallest absolute Gasteiger partial charge is 0.263 e. The zero-order valence-corrected chi connectivity index (χ0v) is 15.6. The van der Waals surface area contributed by atoms with Crippen LogP contribution in [0.1, 0.15) is 31.2 Å². The Labute approximate surface area is 153 Å². The number of rotatable bonds is 4. The fraction of sp³-hybridized carbons (Fsp3) is 0.412. The van der Waals surface area contributed by atoms with E-state index in [4.69, 9.17) is 11.6 Å². The summed E-state index contributed by atoms with van der Waals surface area (Å²) in [7, 11) is -3.72. The lowest BCUT2D eigenvalue weighted by Crippen LogP contribution is -2.25. The van der Waals surface area contributed by atoms with Crippen molar-refractivity contribution < 1.29 is 8.42 Å². The number of anilines is 2. The highest BCUT2D eigenvalue weighted by atomic mass is 35.5. The van der Waals surface area contributed by atoms with Crippen molar-refractivity contribution in [2.24, 2.45) is 0 Å². The van der Waals surface area contributed by atoms with Crippen molar-refractivity contribution in [1.29, 1.82) is 0 Å². The van der Waals surface area contributed by atoms with Gasteiger partial charge in [-0.3, -0.25) is 4.72 Å². The Hall–Kier alpha value is -1.86. The molecule has 1 aromatic carbocycles. The van der Waals surface area contributed by atoms with Gasteiger partial charge in [-0.15, -0.1) is 10.2 Å². The number of nitrogens with one attached hydrogen (secondary N) is 1. The van der Waals surface area contributed by atoms with E-state index in [9.17, 15) is 8.42 Å². The van der Waals surface area contributed by atoms with E-state index in [0.717, 1.165) is 31.7 Å². The van der Waals surface area contributed by atoms with Gasteiger partial charge in [0.05, 0.1) is 4.90 Å². The van der Waals surface area contributed by atoms with Gasteiger partial charge in [0, 0.05) is 18.1 Å². The summed E-state index contributed by atoms with van der Waals surface area (Å²) in [6, 6.07) is 8.02. The van der Waals surface area contributed by atoms with Gasteiger partial charge in [0.2, 0.25) is 0 Å². The first-order valence-corrected chi connectivity index (χ1v) is 10.2. The Bertz CT molecular complexity index is 832. The quantitative estimate of drug-likeness (QED) is 0.876. The van der Waals surface area contributed by atoms with Crippen LogP contribution in [0.25, 0.3) is 0 Å². The van der Waals surface area contributed by atoms with E-state index in [1.54, 1.807) is 19.1 Å². The third kappa shape index (κ3) is 4.41. The fourth-order valence-corrected chi connectivity index (χ4v) is 4.03. The molecule has 1 fully saturated rings. The summed E-state index contributed by atoms with van der Waals surface area (Å²) in [5.41, 5.74) is 0.701. The van der Waals surface area contributed by atoms with Crippen LogP contribution in [0.4, 0.5) is 11.6 Å². The number of nitrogens with zero attached hydrogens (tertiary/aromatic N) is 3. The third-order valence-electron chi connectivity index (χ3n) is 4.26. The molecule has 1 N–H and O–H groups in total. The molecule has 0 atom stereocenters. The lowest BCUT2D eigenvalue weighted by Gasteiger charge is -2.20. The Morgan fingerprint density at radius 2 is 1.76 bits per heavy atom. The summed E-state index contributed by atoms with van der Waals surface area (Å²) >= 11 is 5.95. The van der Waals surface area contributed by atoms with E-state index < -0.39 is 10.0 Å². The Balaban J connectivity index is 1.74. The van der Waals surface area contributed by atoms with Gasteiger partial charge in [-0.1, -0.05) is 24.4 Å². The summed E-state index contributed by atoms with van der Waals surface area (Å²) < 4.78 is 27.4. The molecule has 0 radical (unpaired) electrons. The van der Waals surface area contributed by atoms with Crippen molar-refractivity contribution in [2.45, 2.75) is 37.5 Å². The number of benzene rings is 1. The molecule has 2 heterocycles. The second-order valence-electron chi connectivity index (χ2n) is 6.19. The predicted molar refractivity (Wildman–Crippen MR) is 99.7 cm³/mol. The molecule has 0 aliphatic carbocycles. The SMILES string of the molecule is Cc1cc(S(=O)(=O)Nc2ccc(N3CCCCCC3)nn2)ccc1Cl. The summed E-state index contributed by atoms with van der Waals surface area (Å²) in [5.74, 6) is 0.985. The molecule has 1 aliphatic heterocycles. The molecule has 0 saturated carbocycles. The van der Waals surface area contributed by atoms with Gasteiger partial charge in [0.1, 0.15) is 0 Å². The van der Waals surface area contributed by atoms with Gasteiger partial charge in [-0.25, -0.2) is 8.42 Å². The van der Waals surface area contributed by atoms with Crippen molar-refractivity contribution in [3.05, 3.63) is 40.9 Å². The summed E-state index contributed by atoms with van der Waals surface area (Å²) in [5, 5.41) is 8.74. The van der Waals surface area contributed by atoms with Gasteiger partial charge < -0.3 is 4.90 Å². The zero-order valence-electron chi connectivity index (χ0n) is 14.1. The highest BCUT2D eigenvalue weighted by Gasteiger charge is 2.17. The van der Waals surface area contributed by atoms with E-state index in [1.807, 2.05) is 6.07 Å². The molecule has 0 amide bonds. The average molecular weight is 381 g/mol. The highest BCUT2D eigenvalue weighted by Crippen LogP contribution is 2.22. The van der Waals surface area contributed by atoms with Crippen molar-refractivity contribution >= 4 is 33.3 Å². The number of aromatic nitrogens is 2. The van der Waals surface area contributed by atoms with E-state index in [1.165, 1.54) is 25.0 Å². The van der Waals surface area contributed by atoms with Crippen LogP contribution in [0.15, 0.2) is 35.2 Å². The summed E-state index contributed by atoms with van der Waals surface area (Å²) in [6.45, 7) is 3.69. The number of halogens is 1. The van der Waals surface area contributed by atoms with Crippen LogP contribution < -0.4 is 9.62 Å². The molecular formula is C17H21ClN4O2S. The van der Waals surface area contributed by atoms with Crippen LogP contribution in [0, 0.1) is 6.92 Å². The molecular weight excluding hydrogens is 360 g/mol. The molecule has 3 rings (SSSR count). The molecule has 0 bridgehead atoms. The maximum atomic E-state index is 12.5. The number of hydrogen-bond acceptors (Lipinski definition) is 5. The molecule has 134 valence electrons. The van der Waals surface area contributed by atoms with Gasteiger partial charge in [0.15, 0.2) is 11.6 Å². The molecule has 0 spiro atoms. The van der Waals surface area contributed by atoms with Crippen LogP contribution in [0.2, 0.25) is 5.02 Å². The van der Waals surface area contributed by atoms with E-state index >= 15 is 0 Å². The van der Waals surface area contributed by atoms with Crippen LogP contribution in [0.5, 0.6) is 0 Å². The molecule has 1 aromatic heterocycles. The molecule has 1 saturated heterocycles. The summed E-state index contributed by atoms with van der Waals surface area (Å²) in [4.78, 5) is 2.34. The second kappa shape index (κ2) is 7.58.